The summed E-state index contributed by atoms with van der Waals surface area (Å²) in [6.07, 6.45) is 4.59. The molecule has 1 N–H and O–H groups in total. The minimum Gasteiger partial charge on any atom is -0.489 e. The highest BCUT2D eigenvalue weighted by molar-refractivity contribution is 5.92. The van der Waals surface area contributed by atoms with Crippen LogP contribution in [0.5, 0.6) is 5.75 Å². The van der Waals surface area contributed by atoms with E-state index >= 15 is 0 Å². The van der Waals surface area contributed by atoms with E-state index in [9.17, 15) is 4.79 Å². The van der Waals surface area contributed by atoms with E-state index in [-0.39, 0.29) is 18.4 Å². The molecule has 1 unspecified atom stereocenters. The molecule has 0 saturated carbocycles. The maximum atomic E-state index is 12.5. The maximum absolute atomic E-state index is 12.5. The highest BCUT2D eigenvalue weighted by atomic mass is 16.5. The number of anilines is 1. The molecule has 1 aliphatic heterocycles. The average molecular weight is 406 g/mol. The number of hydrogen-bond acceptors (Lipinski definition) is 5. The number of amides is 1. The van der Waals surface area contributed by atoms with Crippen LogP contribution in [0, 0.1) is 6.92 Å². The number of ether oxygens (including phenoxy) is 2. The van der Waals surface area contributed by atoms with Gasteiger partial charge in [0.05, 0.1) is 18.0 Å². The number of hydrogen-bond donors (Lipinski definition) is 1. The Labute approximate surface area is 176 Å². The van der Waals surface area contributed by atoms with Crippen molar-refractivity contribution in [3.05, 3.63) is 66.2 Å². The summed E-state index contributed by atoms with van der Waals surface area (Å²) in [5.74, 6) is 1.80. The van der Waals surface area contributed by atoms with Gasteiger partial charge in [0.1, 0.15) is 12.4 Å². The minimum atomic E-state index is -0.111. The summed E-state index contributed by atoms with van der Waals surface area (Å²) >= 11 is 0. The SMILES string of the molecule is Cc1ccc(NC(=O)CCc2ncc(-c3ccccc3)o2)c(OCC2CCCO2)c1. The van der Waals surface area contributed by atoms with Gasteiger partial charge in [-0.25, -0.2) is 4.98 Å². The van der Waals surface area contributed by atoms with Gasteiger partial charge >= 0.3 is 0 Å². The van der Waals surface area contributed by atoms with Crippen LogP contribution in [-0.2, 0) is 16.0 Å². The Hall–Kier alpha value is -3.12. The lowest BCUT2D eigenvalue weighted by Gasteiger charge is -2.16. The summed E-state index contributed by atoms with van der Waals surface area (Å²) in [4.78, 5) is 16.8. The molecule has 6 heteroatoms. The van der Waals surface area contributed by atoms with Crippen LogP contribution in [-0.4, -0.2) is 30.2 Å². The van der Waals surface area contributed by atoms with Gasteiger partial charge in [0, 0.05) is 25.0 Å². The Morgan fingerprint density at radius 2 is 2.10 bits per heavy atom. The number of aryl methyl sites for hydroxylation is 2. The van der Waals surface area contributed by atoms with Crippen LogP contribution in [0.4, 0.5) is 5.69 Å². The maximum Gasteiger partial charge on any atom is 0.224 e. The molecule has 4 rings (SSSR count). The van der Waals surface area contributed by atoms with Gasteiger partial charge in [-0.1, -0.05) is 36.4 Å². The number of carbonyl (C=O) groups excluding carboxylic acids is 1. The average Bonchev–Trinajstić information content (AvgIpc) is 3.45. The van der Waals surface area contributed by atoms with Gasteiger partial charge in [-0.15, -0.1) is 0 Å². The molecule has 0 spiro atoms. The number of carbonyl (C=O) groups is 1. The molecule has 1 saturated heterocycles. The van der Waals surface area contributed by atoms with Crippen LogP contribution in [0.2, 0.25) is 0 Å². The number of nitrogens with zero attached hydrogens (tertiary/aromatic N) is 1. The van der Waals surface area contributed by atoms with Crippen molar-refractivity contribution in [1.29, 1.82) is 0 Å². The van der Waals surface area contributed by atoms with Gasteiger partial charge in [0.2, 0.25) is 5.91 Å². The van der Waals surface area contributed by atoms with Crippen LogP contribution in [0.1, 0.15) is 30.7 Å². The molecule has 0 aliphatic carbocycles. The summed E-state index contributed by atoms with van der Waals surface area (Å²) in [7, 11) is 0. The highest BCUT2D eigenvalue weighted by Crippen LogP contribution is 2.27. The molecular weight excluding hydrogens is 380 g/mol. The zero-order valence-corrected chi connectivity index (χ0v) is 17.1. The summed E-state index contributed by atoms with van der Waals surface area (Å²) in [6.45, 7) is 3.28. The lowest BCUT2D eigenvalue weighted by molar-refractivity contribution is -0.116. The fraction of sp³-hybridized carbons (Fsp3) is 0.333. The van der Waals surface area contributed by atoms with Gasteiger partial charge in [-0.2, -0.15) is 0 Å². The van der Waals surface area contributed by atoms with Gasteiger partial charge in [0.15, 0.2) is 11.7 Å². The van der Waals surface area contributed by atoms with E-state index in [0.717, 1.165) is 30.6 Å². The summed E-state index contributed by atoms with van der Waals surface area (Å²) in [5, 5.41) is 2.95. The van der Waals surface area contributed by atoms with Crippen molar-refractivity contribution >= 4 is 11.6 Å². The lowest BCUT2D eigenvalue weighted by atomic mass is 10.2. The molecule has 1 aliphatic rings. The molecule has 0 radical (unpaired) electrons. The summed E-state index contributed by atoms with van der Waals surface area (Å²) < 4.78 is 17.3. The molecule has 1 fully saturated rings. The zero-order chi connectivity index (χ0) is 20.8. The fourth-order valence-corrected chi connectivity index (χ4v) is 3.41. The predicted octanol–water partition coefficient (Wildman–Crippen LogP) is 4.78. The number of benzene rings is 2. The zero-order valence-electron chi connectivity index (χ0n) is 17.1. The number of oxazole rings is 1. The van der Waals surface area contributed by atoms with Gasteiger partial charge in [0.25, 0.3) is 0 Å². The first-order valence-corrected chi connectivity index (χ1v) is 10.3. The van der Waals surface area contributed by atoms with Crippen LogP contribution in [0.3, 0.4) is 0 Å². The van der Waals surface area contributed by atoms with E-state index in [1.807, 2.05) is 55.5 Å². The van der Waals surface area contributed by atoms with Crippen molar-refractivity contribution in [2.24, 2.45) is 0 Å². The number of aromatic nitrogens is 1. The van der Waals surface area contributed by atoms with Crippen molar-refractivity contribution < 1.29 is 18.7 Å². The quantitative estimate of drug-likeness (QED) is 0.583. The molecule has 1 amide bonds. The van der Waals surface area contributed by atoms with Crippen LogP contribution in [0.25, 0.3) is 11.3 Å². The second-order valence-corrected chi connectivity index (χ2v) is 7.48. The lowest BCUT2D eigenvalue weighted by Crippen LogP contribution is -2.18. The molecule has 2 heterocycles. The van der Waals surface area contributed by atoms with Gasteiger partial charge in [-0.3, -0.25) is 4.79 Å². The van der Waals surface area contributed by atoms with Crippen molar-refractivity contribution in [2.75, 3.05) is 18.5 Å². The number of rotatable bonds is 8. The third kappa shape index (κ3) is 5.27. The molecule has 3 aromatic rings. The standard InChI is InChI=1S/C24H26N2O4/c1-17-9-10-20(21(14-17)29-16-19-8-5-13-28-19)26-23(27)11-12-24-25-15-22(30-24)18-6-3-2-4-7-18/h2-4,6-7,9-10,14-15,19H,5,8,11-13,16H2,1H3,(H,26,27). The Balaban J connectivity index is 1.33. The Kier molecular flexibility index (Phi) is 6.44. The predicted molar refractivity (Wildman–Crippen MR) is 115 cm³/mol. The molecule has 1 atom stereocenters. The Morgan fingerprint density at radius 3 is 2.90 bits per heavy atom. The van der Waals surface area contributed by atoms with Gasteiger partial charge in [-0.05, 0) is 37.5 Å². The van der Waals surface area contributed by atoms with E-state index in [1.165, 1.54) is 0 Å². The van der Waals surface area contributed by atoms with E-state index in [4.69, 9.17) is 13.9 Å². The van der Waals surface area contributed by atoms with Crippen LogP contribution >= 0.6 is 0 Å². The Bertz CT molecular complexity index is 978. The van der Waals surface area contributed by atoms with E-state index < -0.39 is 0 Å². The van der Waals surface area contributed by atoms with Crippen molar-refractivity contribution in [1.82, 2.24) is 4.98 Å². The molecule has 30 heavy (non-hydrogen) atoms. The molecular formula is C24H26N2O4. The first-order valence-electron chi connectivity index (χ1n) is 10.3. The summed E-state index contributed by atoms with van der Waals surface area (Å²) in [5.41, 5.74) is 2.71. The highest BCUT2D eigenvalue weighted by Gasteiger charge is 2.17. The third-order valence-corrected chi connectivity index (χ3v) is 5.04. The van der Waals surface area contributed by atoms with E-state index in [0.29, 0.717) is 36.1 Å². The van der Waals surface area contributed by atoms with Crippen LogP contribution < -0.4 is 10.1 Å². The second kappa shape index (κ2) is 9.59. The molecule has 2 aromatic carbocycles. The molecule has 1 aromatic heterocycles. The van der Waals surface area contributed by atoms with E-state index in [2.05, 4.69) is 10.3 Å². The van der Waals surface area contributed by atoms with Crippen molar-refractivity contribution in [3.63, 3.8) is 0 Å². The molecule has 6 nitrogen and oxygen atoms in total. The normalized spacial score (nSPS) is 15.8. The minimum absolute atomic E-state index is 0.111. The first kappa shape index (κ1) is 20.2. The monoisotopic (exact) mass is 406 g/mol. The second-order valence-electron chi connectivity index (χ2n) is 7.48. The molecule has 156 valence electrons. The third-order valence-electron chi connectivity index (χ3n) is 5.04. The fourth-order valence-electron chi connectivity index (χ4n) is 3.41. The largest absolute Gasteiger partial charge is 0.489 e. The number of nitrogens with one attached hydrogen (secondary N) is 1. The summed E-state index contributed by atoms with van der Waals surface area (Å²) in [6, 6.07) is 15.5. The van der Waals surface area contributed by atoms with Crippen LogP contribution in [0.15, 0.2) is 59.1 Å². The first-order chi connectivity index (χ1) is 14.7. The van der Waals surface area contributed by atoms with Gasteiger partial charge < -0.3 is 19.2 Å². The smallest absolute Gasteiger partial charge is 0.224 e. The molecule has 0 bridgehead atoms. The topological polar surface area (TPSA) is 73.6 Å². The van der Waals surface area contributed by atoms with Crippen molar-refractivity contribution in [3.8, 4) is 17.1 Å². The Morgan fingerprint density at radius 1 is 1.23 bits per heavy atom. The van der Waals surface area contributed by atoms with Crippen molar-refractivity contribution in [2.45, 2.75) is 38.7 Å². The van der Waals surface area contributed by atoms with E-state index in [1.54, 1.807) is 6.20 Å².